The second kappa shape index (κ2) is 7.86. The minimum absolute atomic E-state index is 0.273. The van der Waals surface area contributed by atoms with Gasteiger partial charge in [-0.3, -0.25) is 4.90 Å². The lowest BCUT2D eigenvalue weighted by molar-refractivity contribution is -0.137. The summed E-state index contributed by atoms with van der Waals surface area (Å²) in [7, 11) is -2.09. The van der Waals surface area contributed by atoms with Crippen LogP contribution < -0.4 is 0 Å². The number of likely N-dealkylation sites (tertiary alicyclic amines) is 1. The number of aromatic nitrogens is 2. The van der Waals surface area contributed by atoms with Crippen LogP contribution in [0.2, 0.25) is 0 Å². The molecule has 1 aliphatic heterocycles. The maximum Gasteiger partial charge on any atom is 0.416 e. The van der Waals surface area contributed by atoms with Crippen LogP contribution in [0.3, 0.4) is 0 Å². The van der Waals surface area contributed by atoms with Crippen molar-refractivity contribution in [2.75, 3.05) is 32.7 Å². The summed E-state index contributed by atoms with van der Waals surface area (Å²) in [5.74, 6) is 0.273. The van der Waals surface area contributed by atoms with Gasteiger partial charge in [-0.05, 0) is 69.6 Å². The van der Waals surface area contributed by atoms with Gasteiger partial charge in [-0.25, -0.2) is 4.68 Å². The Balaban J connectivity index is 1.63. The molecule has 0 aliphatic carbocycles. The number of para-hydroxylation sites is 1. The van der Waals surface area contributed by atoms with Crippen molar-refractivity contribution in [1.82, 2.24) is 14.7 Å². The largest absolute Gasteiger partial charge is 0.416 e. The van der Waals surface area contributed by atoms with Gasteiger partial charge in [0.25, 0.3) is 0 Å². The zero-order valence-corrected chi connectivity index (χ0v) is 18.0. The average Bonchev–Trinajstić information content (AvgIpc) is 3.07. The minimum atomic E-state index is -4.36. The Morgan fingerprint density at radius 2 is 1.67 bits per heavy atom. The number of hydrogen-bond donors (Lipinski definition) is 0. The number of fused-ring (bicyclic) bond motifs is 1. The number of piperidine rings is 1. The molecule has 1 saturated heterocycles. The molecule has 160 valence electrons. The van der Waals surface area contributed by atoms with E-state index in [-0.39, 0.29) is 5.92 Å². The third-order valence-electron chi connectivity index (χ3n) is 5.57. The van der Waals surface area contributed by atoms with Crippen molar-refractivity contribution in [3.63, 3.8) is 0 Å². The monoisotopic (exact) mass is 435 g/mol. The van der Waals surface area contributed by atoms with E-state index in [4.69, 9.17) is 5.10 Å². The van der Waals surface area contributed by atoms with E-state index in [1.54, 1.807) is 4.68 Å². The summed E-state index contributed by atoms with van der Waals surface area (Å²) in [5.41, 5.74) is 1.82. The molecule has 2 heterocycles. The van der Waals surface area contributed by atoms with Gasteiger partial charge in [-0.1, -0.05) is 18.2 Å². The molecule has 0 spiro atoms. The molecule has 1 aliphatic rings. The molecule has 8 heteroatoms. The SMILES string of the molecule is CP(C)(=O)CN1CCC(c2nn(-c3ccc(C(F)(F)F)cc3)c3ccccc23)CC1. The minimum Gasteiger partial charge on any atom is -0.323 e. The normalized spacial score (nSPS) is 17.0. The highest BCUT2D eigenvalue weighted by atomic mass is 31.2. The Bertz CT molecular complexity index is 1080. The lowest BCUT2D eigenvalue weighted by Gasteiger charge is -2.32. The first kappa shape index (κ1) is 21.1. The molecular formula is C22H25F3N3OP. The zero-order valence-electron chi connectivity index (χ0n) is 17.1. The molecule has 4 rings (SSSR count). The Labute approximate surface area is 174 Å². The molecule has 0 radical (unpaired) electrons. The van der Waals surface area contributed by atoms with E-state index < -0.39 is 18.9 Å². The summed E-state index contributed by atoms with van der Waals surface area (Å²) in [4.78, 5) is 2.26. The Kier molecular flexibility index (Phi) is 5.54. The standard InChI is InChI=1S/C22H25F3N3OP/c1-30(2,29)15-27-13-11-16(12-14-27)21-19-5-3-4-6-20(19)28(26-21)18-9-7-17(8-10-18)22(23,24)25/h3-10,16H,11-15H2,1-2H3. The van der Waals surface area contributed by atoms with Crippen LogP contribution in [0, 0.1) is 0 Å². The summed E-state index contributed by atoms with van der Waals surface area (Å²) in [5, 5.41) is 5.87. The molecular weight excluding hydrogens is 410 g/mol. The maximum atomic E-state index is 12.9. The molecule has 0 amide bonds. The number of alkyl halides is 3. The Morgan fingerprint density at radius 3 is 2.27 bits per heavy atom. The third-order valence-corrected chi connectivity index (χ3v) is 6.65. The quantitative estimate of drug-likeness (QED) is 0.486. The number of rotatable bonds is 4. The fourth-order valence-electron chi connectivity index (χ4n) is 4.21. The van der Waals surface area contributed by atoms with Crippen molar-refractivity contribution in [3.8, 4) is 5.69 Å². The summed E-state index contributed by atoms with van der Waals surface area (Å²) in [6.07, 6.45) is -1.87. The van der Waals surface area contributed by atoms with Gasteiger partial charge < -0.3 is 4.57 Å². The molecule has 0 atom stereocenters. The predicted molar refractivity (Wildman–Crippen MR) is 114 cm³/mol. The van der Waals surface area contributed by atoms with Crippen LogP contribution in [-0.4, -0.2) is 47.4 Å². The van der Waals surface area contributed by atoms with Crippen LogP contribution in [0.5, 0.6) is 0 Å². The van der Waals surface area contributed by atoms with Gasteiger partial charge in [-0.2, -0.15) is 18.3 Å². The van der Waals surface area contributed by atoms with Gasteiger partial charge >= 0.3 is 6.18 Å². The number of nitrogens with zero attached hydrogens (tertiary/aromatic N) is 3. The highest BCUT2D eigenvalue weighted by molar-refractivity contribution is 7.62. The van der Waals surface area contributed by atoms with Gasteiger partial charge in [0.05, 0.1) is 35.9 Å². The van der Waals surface area contributed by atoms with Crippen molar-refractivity contribution in [3.05, 3.63) is 59.8 Å². The molecule has 1 aromatic heterocycles. The van der Waals surface area contributed by atoms with Crippen LogP contribution in [0.4, 0.5) is 13.2 Å². The van der Waals surface area contributed by atoms with Crippen molar-refractivity contribution in [2.45, 2.75) is 24.9 Å². The first-order chi connectivity index (χ1) is 14.1. The molecule has 1 fully saturated rings. The lowest BCUT2D eigenvalue weighted by Crippen LogP contribution is -2.33. The van der Waals surface area contributed by atoms with E-state index in [0.29, 0.717) is 12.0 Å². The van der Waals surface area contributed by atoms with E-state index in [9.17, 15) is 17.7 Å². The summed E-state index contributed by atoms with van der Waals surface area (Å²) >= 11 is 0. The lowest BCUT2D eigenvalue weighted by atomic mass is 9.92. The second-order valence-corrected chi connectivity index (χ2v) is 11.9. The molecule has 0 saturated carbocycles. The van der Waals surface area contributed by atoms with Crippen molar-refractivity contribution < 1.29 is 17.7 Å². The van der Waals surface area contributed by atoms with Crippen LogP contribution in [-0.2, 0) is 10.7 Å². The smallest absolute Gasteiger partial charge is 0.323 e. The van der Waals surface area contributed by atoms with Gasteiger partial charge in [0.2, 0.25) is 0 Å². The number of halogens is 3. The summed E-state index contributed by atoms with van der Waals surface area (Å²) < 4.78 is 52.6. The Hall–Kier alpha value is -2.11. The van der Waals surface area contributed by atoms with Crippen LogP contribution in [0.1, 0.15) is 30.0 Å². The van der Waals surface area contributed by atoms with Crippen LogP contribution in [0.25, 0.3) is 16.6 Å². The highest BCUT2D eigenvalue weighted by Gasteiger charge is 2.30. The third kappa shape index (κ3) is 4.47. The topological polar surface area (TPSA) is 38.1 Å². The van der Waals surface area contributed by atoms with Gasteiger partial charge in [0, 0.05) is 11.3 Å². The first-order valence-corrected chi connectivity index (χ1v) is 12.8. The van der Waals surface area contributed by atoms with Crippen molar-refractivity contribution in [1.29, 1.82) is 0 Å². The van der Waals surface area contributed by atoms with E-state index >= 15 is 0 Å². The molecule has 30 heavy (non-hydrogen) atoms. The number of hydrogen-bond acceptors (Lipinski definition) is 3. The maximum absolute atomic E-state index is 12.9. The Morgan fingerprint density at radius 1 is 1.03 bits per heavy atom. The first-order valence-electron chi connectivity index (χ1n) is 10.0. The fourth-order valence-corrected chi connectivity index (χ4v) is 5.46. The molecule has 0 N–H and O–H groups in total. The van der Waals surface area contributed by atoms with Gasteiger partial charge in [0.15, 0.2) is 0 Å². The van der Waals surface area contributed by atoms with Crippen molar-refractivity contribution in [2.24, 2.45) is 0 Å². The predicted octanol–water partition coefficient (Wildman–Crippen LogP) is 5.80. The van der Waals surface area contributed by atoms with Gasteiger partial charge in [0.1, 0.15) is 0 Å². The summed E-state index contributed by atoms with van der Waals surface area (Å²) in [6, 6.07) is 13.0. The molecule has 0 bridgehead atoms. The van der Waals surface area contributed by atoms with Gasteiger partial charge in [-0.15, -0.1) is 0 Å². The van der Waals surface area contributed by atoms with E-state index in [1.165, 1.54) is 12.1 Å². The molecule has 0 unspecified atom stereocenters. The van der Waals surface area contributed by atoms with E-state index in [0.717, 1.165) is 54.7 Å². The highest BCUT2D eigenvalue weighted by Crippen LogP contribution is 2.40. The molecule has 3 aromatic rings. The van der Waals surface area contributed by atoms with Crippen LogP contribution >= 0.6 is 7.14 Å². The van der Waals surface area contributed by atoms with Crippen molar-refractivity contribution >= 4 is 18.0 Å². The zero-order chi connectivity index (χ0) is 21.5. The summed E-state index contributed by atoms with van der Waals surface area (Å²) in [6.45, 7) is 5.38. The molecule has 4 nitrogen and oxygen atoms in total. The van der Waals surface area contributed by atoms with E-state index in [2.05, 4.69) is 4.90 Å². The number of benzene rings is 2. The van der Waals surface area contributed by atoms with Crippen LogP contribution in [0.15, 0.2) is 48.5 Å². The fraction of sp³-hybridized carbons (Fsp3) is 0.409. The molecule has 2 aromatic carbocycles. The average molecular weight is 435 g/mol. The second-order valence-electron chi connectivity index (χ2n) is 8.47. The van der Waals surface area contributed by atoms with E-state index in [1.807, 2.05) is 37.6 Å².